The van der Waals surface area contributed by atoms with Gasteiger partial charge in [-0.25, -0.2) is 4.98 Å². The second-order valence-corrected chi connectivity index (χ2v) is 6.90. The molecule has 9 nitrogen and oxygen atoms in total. The zero-order valence-electron chi connectivity index (χ0n) is 15.7. The molecule has 2 heterocycles. The molecule has 0 aliphatic heterocycles. The topological polar surface area (TPSA) is 132 Å². The van der Waals surface area contributed by atoms with Crippen LogP contribution in [0.1, 0.15) is 5.56 Å². The largest absolute Gasteiger partial charge is 0.380 e. The van der Waals surface area contributed by atoms with E-state index in [-0.39, 0.29) is 38.5 Å². The lowest BCUT2D eigenvalue weighted by atomic mass is 10.1. The molecule has 0 amide bonds. The Kier molecular flexibility index (Phi) is 3.72. The Morgan fingerprint density at radius 2 is 1.63 bits per heavy atom. The van der Waals surface area contributed by atoms with E-state index in [1.165, 1.54) is 12.1 Å². The molecule has 3 N–H and O–H groups in total. The second kappa shape index (κ2) is 6.31. The van der Waals surface area contributed by atoms with Crippen LogP contribution in [-0.4, -0.2) is 14.6 Å². The number of anilines is 2. The maximum absolute atomic E-state index is 13.0. The third-order valence-electron chi connectivity index (χ3n) is 4.93. The molecule has 0 fully saturated rings. The predicted octanol–water partition coefficient (Wildman–Crippen LogP) is 0.810. The Morgan fingerprint density at radius 3 is 2.33 bits per heavy atom. The van der Waals surface area contributed by atoms with Crippen molar-refractivity contribution in [3.05, 3.63) is 90.3 Å². The number of nitrogen functional groups attached to an aromatic ring is 1. The summed E-state index contributed by atoms with van der Waals surface area (Å²) in [7, 11) is 0. The van der Waals surface area contributed by atoms with E-state index in [1.54, 1.807) is 12.1 Å². The van der Waals surface area contributed by atoms with Gasteiger partial charge in [0.05, 0.1) is 5.69 Å². The molecular weight excluding hydrogens is 384 g/mol. The summed E-state index contributed by atoms with van der Waals surface area (Å²) in [6.45, 7) is 1.96. The van der Waals surface area contributed by atoms with E-state index in [4.69, 9.17) is 5.73 Å². The number of aryl methyl sites for hydroxylation is 1. The van der Waals surface area contributed by atoms with Crippen LogP contribution in [0.15, 0.2) is 68.0 Å². The number of hydrogen-bond acceptors (Lipinski definition) is 8. The van der Waals surface area contributed by atoms with Crippen LogP contribution in [-0.2, 0) is 0 Å². The van der Waals surface area contributed by atoms with Crippen molar-refractivity contribution in [2.24, 2.45) is 5.10 Å². The number of nitrogens with one attached hydrogen (secondary N) is 1. The first-order valence-electron chi connectivity index (χ1n) is 9.07. The number of nitrogens with zero attached hydrogens (tertiary/aromatic N) is 4. The number of hydrogen-bond donors (Lipinski definition) is 2. The molecule has 0 bridgehead atoms. The highest BCUT2D eigenvalue weighted by Crippen LogP contribution is 2.11. The maximum atomic E-state index is 13.0. The first-order valence-corrected chi connectivity index (χ1v) is 9.07. The minimum absolute atomic E-state index is 0.00334. The molecule has 5 rings (SSSR count). The molecule has 0 saturated carbocycles. The monoisotopic (exact) mass is 398 g/mol. The van der Waals surface area contributed by atoms with Crippen molar-refractivity contribution in [3.63, 3.8) is 0 Å². The maximum Gasteiger partial charge on any atom is 0.286 e. The van der Waals surface area contributed by atoms with Gasteiger partial charge in [0.25, 0.3) is 5.56 Å². The van der Waals surface area contributed by atoms with E-state index in [9.17, 15) is 14.4 Å². The molecule has 9 heteroatoms. The Bertz CT molecular complexity index is 1690. The van der Waals surface area contributed by atoms with Crippen LogP contribution in [0.25, 0.3) is 27.3 Å². The molecule has 0 saturated heterocycles. The number of nitrogens with two attached hydrogens (primary N) is 1. The van der Waals surface area contributed by atoms with Crippen LogP contribution in [0.5, 0.6) is 0 Å². The third kappa shape index (κ3) is 2.49. The fourth-order valence-corrected chi connectivity index (χ4v) is 3.39. The van der Waals surface area contributed by atoms with Gasteiger partial charge < -0.3 is 5.73 Å². The first kappa shape index (κ1) is 17.7. The van der Waals surface area contributed by atoms with E-state index in [2.05, 4.69) is 20.6 Å². The minimum Gasteiger partial charge on any atom is -0.380 e. The Balaban J connectivity index is 1.85. The molecular formula is C21H14N6O3. The highest BCUT2D eigenvalue weighted by atomic mass is 16.1. The fourth-order valence-electron chi connectivity index (χ4n) is 3.39. The molecule has 30 heavy (non-hydrogen) atoms. The summed E-state index contributed by atoms with van der Waals surface area (Å²) in [4.78, 5) is 43.0. The van der Waals surface area contributed by atoms with Gasteiger partial charge >= 0.3 is 0 Å². The van der Waals surface area contributed by atoms with Gasteiger partial charge in [-0.1, -0.05) is 42.0 Å². The predicted molar refractivity (Wildman–Crippen MR) is 114 cm³/mol. The Labute approximate surface area is 167 Å². The smallest absolute Gasteiger partial charge is 0.286 e. The molecule has 2 aromatic heterocycles. The second-order valence-electron chi connectivity index (χ2n) is 6.90. The first-order chi connectivity index (χ1) is 14.5. The minimum atomic E-state index is -0.758. The van der Waals surface area contributed by atoms with Gasteiger partial charge in [0, 0.05) is 10.8 Å². The van der Waals surface area contributed by atoms with Gasteiger partial charge in [0.15, 0.2) is 16.8 Å². The van der Waals surface area contributed by atoms with E-state index >= 15 is 0 Å². The van der Waals surface area contributed by atoms with Gasteiger partial charge in [-0.05, 0) is 19.1 Å². The van der Waals surface area contributed by atoms with Crippen molar-refractivity contribution in [2.75, 3.05) is 11.2 Å². The molecule has 146 valence electrons. The number of fused-ring (bicyclic) bond motifs is 3. The van der Waals surface area contributed by atoms with E-state index in [0.29, 0.717) is 5.69 Å². The van der Waals surface area contributed by atoms with Gasteiger partial charge in [-0.2, -0.15) is 9.62 Å². The average Bonchev–Trinajstić information content (AvgIpc) is 3.07. The van der Waals surface area contributed by atoms with Crippen molar-refractivity contribution < 1.29 is 0 Å². The zero-order chi connectivity index (χ0) is 21.0. The van der Waals surface area contributed by atoms with Crippen molar-refractivity contribution in [2.45, 2.75) is 6.92 Å². The average molecular weight is 398 g/mol. The molecule has 0 radical (unpaired) electrons. The van der Waals surface area contributed by atoms with Gasteiger partial charge in [-0.15, -0.1) is 5.10 Å². The van der Waals surface area contributed by atoms with Crippen LogP contribution in [0.3, 0.4) is 0 Å². The molecule has 0 aliphatic carbocycles. The summed E-state index contributed by atoms with van der Waals surface area (Å²) in [5.41, 5.74) is 8.52. The standard InChI is InChI=1S/C21H14N6O3/c1-10-6-8-11(9-7-10)24-25-16-19(22)26-27-20(16)23-15-14(21(27)30)17(28)12-4-2-3-5-13(12)18(15)29/h2-9,24H,1H3,(H2,22,26)/b25-16+. The normalized spacial score (nSPS) is 12.2. The highest BCUT2D eigenvalue weighted by molar-refractivity contribution is 5.96. The molecule has 3 aromatic carbocycles. The van der Waals surface area contributed by atoms with Gasteiger partial charge in [-0.3, -0.25) is 19.8 Å². The molecule has 0 spiro atoms. The number of aromatic nitrogens is 3. The van der Waals surface area contributed by atoms with Crippen LogP contribution >= 0.6 is 0 Å². The molecule has 0 aliphatic rings. The summed E-state index contributed by atoms with van der Waals surface area (Å²) < 4.78 is 0.906. The van der Waals surface area contributed by atoms with Crippen LogP contribution < -0.4 is 32.9 Å². The number of rotatable bonds is 2. The zero-order valence-corrected chi connectivity index (χ0v) is 15.7. The van der Waals surface area contributed by atoms with Crippen molar-refractivity contribution >= 4 is 38.8 Å². The summed E-state index contributed by atoms with van der Waals surface area (Å²) >= 11 is 0. The van der Waals surface area contributed by atoms with Crippen molar-refractivity contribution in [1.82, 2.24) is 14.6 Å². The quantitative estimate of drug-likeness (QED) is 0.332. The van der Waals surface area contributed by atoms with Gasteiger partial charge in [0.2, 0.25) is 10.9 Å². The van der Waals surface area contributed by atoms with Crippen LogP contribution in [0.4, 0.5) is 11.5 Å². The Morgan fingerprint density at radius 1 is 0.967 bits per heavy atom. The highest BCUT2D eigenvalue weighted by Gasteiger charge is 2.19. The Hall–Kier alpha value is -4.40. The molecule has 0 atom stereocenters. The van der Waals surface area contributed by atoms with Crippen LogP contribution in [0, 0.1) is 6.92 Å². The van der Waals surface area contributed by atoms with E-state index in [1.807, 2.05) is 31.2 Å². The lowest BCUT2D eigenvalue weighted by molar-refractivity contribution is 0.920. The van der Waals surface area contributed by atoms with Crippen molar-refractivity contribution in [1.29, 1.82) is 0 Å². The summed E-state index contributed by atoms with van der Waals surface area (Å²) in [6, 6.07) is 13.8. The lowest BCUT2D eigenvalue weighted by Gasteiger charge is -2.01. The SMILES string of the molecule is Cc1ccc(N/N=c2\c(N)nn3c(=O)c4c(=O)c5ccccc5c(=O)c4nc23)cc1. The molecule has 0 unspecified atom stereocenters. The summed E-state index contributed by atoms with van der Waals surface area (Å²) in [6.07, 6.45) is 0. The molecule has 5 aromatic rings. The third-order valence-corrected chi connectivity index (χ3v) is 4.93. The van der Waals surface area contributed by atoms with E-state index < -0.39 is 16.4 Å². The van der Waals surface area contributed by atoms with Crippen LogP contribution in [0.2, 0.25) is 0 Å². The number of benzene rings is 3. The summed E-state index contributed by atoms with van der Waals surface area (Å²) in [5.74, 6) is -0.0565. The lowest BCUT2D eigenvalue weighted by Crippen LogP contribution is -2.27. The van der Waals surface area contributed by atoms with Gasteiger partial charge in [0.1, 0.15) is 10.9 Å². The summed E-state index contributed by atoms with van der Waals surface area (Å²) in [5, 5.41) is 8.36. The van der Waals surface area contributed by atoms with Crippen molar-refractivity contribution in [3.8, 4) is 0 Å². The fraction of sp³-hybridized carbons (Fsp3) is 0.0476. The van der Waals surface area contributed by atoms with E-state index in [0.717, 1.165) is 10.1 Å².